The maximum atomic E-state index is 14.5. The summed E-state index contributed by atoms with van der Waals surface area (Å²) in [6.07, 6.45) is 5.28. The lowest BCUT2D eigenvalue weighted by atomic mass is 9.77. The van der Waals surface area contributed by atoms with Crippen molar-refractivity contribution in [1.82, 2.24) is 0 Å². The molecule has 1 aliphatic heterocycles. The maximum Gasteiger partial charge on any atom is 0.337 e. The Kier molecular flexibility index (Phi) is 4.12. The molecular formula is C20H17BrFNO2. The first-order valence-corrected chi connectivity index (χ1v) is 8.98. The summed E-state index contributed by atoms with van der Waals surface area (Å²) >= 11 is 3.39. The molecule has 25 heavy (non-hydrogen) atoms. The van der Waals surface area contributed by atoms with Gasteiger partial charge in [-0.05, 0) is 47.7 Å². The van der Waals surface area contributed by atoms with E-state index in [4.69, 9.17) is 4.74 Å². The number of fused-ring (bicyclic) bond motifs is 3. The van der Waals surface area contributed by atoms with Gasteiger partial charge in [0.1, 0.15) is 5.82 Å². The van der Waals surface area contributed by atoms with Gasteiger partial charge in [-0.15, -0.1) is 0 Å². The first-order chi connectivity index (χ1) is 12.1. The number of carbonyl (C=O) groups excluding carboxylic acids is 1. The smallest absolute Gasteiger partial charge is 0.337 e. The van der Waals surface area contributed by atoms with Crippen molar-refractivity contribution in [2.24, 2.45) is 5.92 Å². The molecule has 1 aliphatic carbocycles. The summed E-state index contributed by atoms with van der Waals surface area (Å²) in [6.45, 7) is 0. The van der Waals surface area contributed by atoms with Gasteiger partial charge in [0.2, 0.25) is 0 Å². The minimum Gasteiger partial charge on any atom is -0.465 e. The van der Waals surface area contributed by atoms with Crippen LogP contribution >= 0.6 is 15.9 Å². The van der Waals surface area contributed by atoms with Crippen LogP contribution in [-0.4, -0.2) is 13.1 Å². The molecule has 0 bridgehead atoms. The summed E-state index contributed by atoms with van der Waals surface area (Å²) in [5.74, 6) is -0.0946. The van der Waals surface area contributed by atoms with Crippen molar-refractivity contribution < 1.29 is 13.9 Å². The quantitative estimate of drug-likeness (QED) is 0.554. The van der Waals surface area contributed by atoms with Gasteiger partial charge in [0.15, 0.2) is 0 Å². The molecule has 2 aromatic carbocycles. The van der Waals surface area contributed by atoms with Gasteiger partial charge in [-0.25, -0.2) is 9.18 Å². The van der Waals surface area contributed by atoms with Crippen LogP contribution in [0.5, 0.6) is 0 Å². The number of carbonyl (C=O) groups is 1. The molecule has 2 aromatic rings. The van der Waals surface area contributed by atoms with Crippen molar-refractivity contribution in [1.29, 1.82) is 0 Å². The molecule has 2 aliphatic rings. The van der Waals surface area contributed by atoms with E-state index in [-0.39, 0.29) is 23.7 Å². The lowest BCUT2D eigenvalue weighted by molar-refractivity contribution is 0.0600. The molecule has 2 unspecified atom stereocenters. The van der Waals surface area contributed by atoms with Crippen LogP contribution in [-0.2, 0) is 4.74 Å². The Morgan fingerprint density at radius 3 is 2.76 bits per heavy atom. The molecule has 0 saturated carbocycles. The number of esters is 1. The van der Waals surface area contributed by atoms with Gasteiger partial charge in [-0.2, -0.15) is 0 Å². The van der Waals surface area contributed by atoms with Crippen molar-refractivity contribution >= 4 is 27.6 Å². The normalized spacial score (nSPS) is 23.6. The third-order valence-electron chi connectivity index (χ3n) is 5.08. The van der Waals surface area contributed by atoms with E-state index in [1.54, 1.807) is 12.1 Å². The van der Waals surface area contributed by atoms with E-state index >= 15 is 0 Å². The average Bonchev–Trinajstić information content (AvgIpc) is 3.11. The van der Waals surface area contributed by atoms with Crippen LogP contribution < -0.4 is 5.32 Å². The van der Waals surface area contributed by atoms with Crippen molar-refractivity contribution in [3.05, 3.63) is 75.5 Å². The minimum absolute atomic E-state index is 0.00475. The van der Waals surface area contributed by atoms with E-state index in [1.807, 2.05) is 18.2 Å². The van der Waals surface area contributed by atoms with Gasteiger partial charge >= 0.3 is 5.97 Å². The maximum absolute atomic E-state index is 14.5. The van der Waals surface area contributed by atoms with Crippen LogP contribution in [0.1, 0.15) is 39.9 Å². The number of hydrogen-bond acceptors (Lipinski definition) is 3. The second-order valence-electron chi connectivity index (χ2n) is 6.44. The molecule has 0 radical (unpaired) electrons. The molecule has 3 atom stereocenters. The van der Waals surface area contributed by atoms with Crippen molar-refractivity contribution in [3.63, 3.8) is 0 Å². The summed E-state index contributed by atoms with van der Waals surface area (Å²) in [6, 6.07) is 10.8. The van der Waals surface area contributed by atoms with E-state index in [9.17, 15) is 9.18 Å². The van der Waals surface area contributed by atoms with E-state index < -0.39 is 0 Å². The second kappa shape index (κ2) is 6.30. The Balaban J connectivity index is 1.73. The highest BCUT2D eigenvalue weighted by atomic mass is 79.9. The fourth-order valence-corrected chi connectivity index (χ4v) is 4.34. The van der Waals surface area contributed by atoms with E-state index in [2.05, 4.69) is 33.4 Å². The molecule has 1 N–H and O–H groups in total. The number of benzene rings is 2. The van der Waals surface area contributed by atoms with Gasteiger partial charge in [0.05, 0.1) is 24.4 Å². The van der Waals surface area contributed by atoms with Crippen molar-refractivity contribution in [2.45, 2.75) is 18.4 Å². The van der Waals surface area contributed by atoms with Crippen LogP contribution in [0.3, 0.4) is 0 Å². The molecule has 3 nitrogen and oxygen atoms in total. The Morgan fingerprint density at radius 1 is 1.28 bits per heavy atom. The number of hydrogen-bond donors (Lipinski definition) is 1. The van der Waals surface area contributed by atoms with Crippen molar-refractivity contribution in [3.8, 4) is 0 Å². The van der Waals surface area contributed by atoms with Gasteiger partial charge in [-0.3, -0.25) is 0 Å². The fourth-order valence-electron chi connectivity index (χ4n) is 3.90. The largest absolute Gasteiger partial charge is 0.465 e. The predicted octanol–water partition coefficient (Wildman–Crippen LogP) is 5.20. The highest BCUT2D eigenvalue weighted by Gasteiger charge is 2.39. The van der Waals surface area contributed by atoms with Crippen LogP contribution in [0.2, 0.25) is 0 Å². The van der Waals surface area contributed by atoms with Gasteiger partial charge in [0, 0.05) is 10.4 Å². The summed E-state index contributed by atoms with van der Waals surface area (Å²) in [5.41, 5.74) is 3.11. The van der Waals surface area contributed by atoms with E-state index in [0.29, 0.717) is 17.2 Å². The molecular weight excluding hydrogens is 385 g/mol. The molecule has 0 fully saturated rings. The van der Waals surface area contributed by atoms with E-state index in [0.717, 1.165) is 22.0 Å². The van der Waals surface area contributed by atoms with E-state index in [1.165, 1.54) is 13.2 Å². The lowest BCUT2D eigenvalue weighted by Gasteiger charge is -2.37. The Labute approximate surface area is 154 Å². The molecule has 0 spiro atoms. The zero-order valence-electron chi connectivity index (χ0n) is 13.6. The first kappa shape index (κ1) is 16.3. The first-order valence-electron chi connectivity index (χ1n) is 8.19. The third kappa shape index (κ3) is 2.76. The monoisotopic (exact) mass is 401 g/mol. The van der Waals surface area contributed by atoms with Gasteiger partial charge in [-0.1, -0.05) is 40.2 Å². The molecule has 4 rings (SSSR count). The Hall–Kier alpha value is -2.14. The van der Waals surface area contributed by atoms with Crippen LogP contribution in [0.4, 0.5) is 10.1 Å². The standard InChI is InChI=1S/C20H17BrFNO2/c1-25-20(24)12-7-5-11(6-8-12)18-15-4-2-3-14(15)16-9-13(21)10-17(22)19(16)23-18/h2-3,5-10,14-15,18,23H,4H2,1H3/t14?,15?,18-/m1/s1. The Bertz CT molecular complexity index is 863. The SMILES string of the molecule is COC(=O)c1ccc([C@H]2Nc3c(F)cc(Br)cc3C3C=CCC32)cc1. The molecule has 0 amide bonds. The molecule has 5 heteroatoms. The summed E-state index contributed by atoms with van der Waals surface area (Å²) in [4.78, 5) is 11.6. The van der Waals surface area contributed by atoms with Crippen molar-refractivity contribution in [2.75, 3.05) is 12.4 Å². The van der Waals surface area contributed by atoms with Gasteiger partial charge in [0.25, 0.3) is 0 Å². The molecule has 0 aromatic heterocycles. The number of nitrogens with one attached hydrogen (secondary N) is 1. The van der Waals surface area contributed by atoms with Gasteiger partial charge < -0.3 is 10.1 Å². The second-order valence-corrected chi connectivity index (χ2v) is 7.36. The van der Waals surface area contributed by atoms with Crippen LogP contribution in [0.25, 0.3) is 0 Å². The number of ether oxygens (including phenoxy) is 1. The average molecular weight is 402 g/mol. The molecule has 0 saturated heterocycles. The third-order valence-corrected chi connectivity index (χ3v) is 5.53. The molecule has 128 valence electrons. The number of allylic oxidation sites excluding steroid dienone is 2. The zero-order chi connectivity index (χ0) is 17.6. The number of halogens is 2. The molecule has 1 heterocycles. The predicted molar refractivity (Wildman–Crippen MR) is 98.2 cm³/mol. The fraction of sp³-hybridized carbons (Fsp3) is 0.250. The summed E-state index contributed by atoms with van der Waals surface area (Å²) in [5, 5.41) is 3.39. The van der Waals surface area contributed by atoms with Crippen LogP contribution in [0.15, 0.2) is 53.0 Å². The van der Waals surface area contributed by atoms with Crippen LogP contribution in [0, 0.1) is 11.7 Å². The minimum atomic E-state index is -0.357. The zero-order valence-corrected chi connectivity index (χ0v) is 15.2. The number of methoxy groups -OCH3 is 1. The lowest BCUT2D eigenvalue weighted by Crippen LogP contribution is -2.29. The topological polar surface area (TPSA) is 38.3 Å². The highest BCUT2D eigenvalue weighted by Crippen LogP contribution is 2.51. The number of anilines is 1. The highest BCUT2D eigenvalue weighted by molar-refractivity contribution is 9.10. The Morgan fingerprint density at radius 2 is 2.04 bits per heavy atom. The summed E-state index contributed by atoms with van der Waals surface area (Å²) < 4.78 is 20.0. The number of rotatable bonds is 2. The summed E-state index contributed by atoms with van der Waals surface area (Å²) in [7, 11) is 1.37.